The molecule has 0 radical (unpaired) electrons. The first kappa shape index (κ1) is 21.1. The van der Waals surface area contributed by atoms with Gasteiger partial charge in [-0.15, -0.1) is 0 Å². The Bertz CT molecular complexity index is 573. The van der Waals surface area contributed by atoms with Gasteiger partial charge in [0.25, 0.3) is 0 Å². The minimum atomic E-state index is -1.26. The van der Waals surface area contributed by atoms with Crippen LogP contribution in [0.3, 0.4) is 0 Å². The zero-order chi connectivity index (χ0) is 19.3. The van der Waals surface area contributed by atoms with Crippen LogP contribution in [0, 0.1) is 5.92 Å². The molecule has 1 fully saturated rings. The first-order valence-electron chi connectivity index (χ1n) is 9.04. The molecule has 1 aliphatic rings. The molecule has 7 heteroatoms. The number of carbonyl (C=O) groups excluding carboxylic acids is 1. The number of aliphatic hydroxyl groups is 2. The molecule has 0 saturated carbocycles. The molecule has 26 heavy (non-hydrogen) atoms. The van der Waals surface area contributed by atoms with Crippen LogP contribution in [0.4, 0.5) is 0 Å². The van der Waals surface area contributed by atoms with E-state index >= 15 is 0 Å². The second kappa shape index (κ2) is 9.10. The number of ether oxygens (including phenoxy) is 3. The highest BCUT2D eigenvalue weighted by molar-refractivity contribution is 6.76. The van der Waals surface area contributed by atoms with Gasteiger partial charge in [0.15, 0.2) is 6.29 Å². The third-order valence-electron chi connectivity index (χ3n) is 4.57. The largest absolute Gasteiger partial charge is 0.459 e. The lowest BCUT2D eigenvalue weighted by atomic mass is 9.91. The normalized spacial score (nSPS) is 29.4. The van der Waals surface area contributed by atoms with E-state index in [0.29, 0.717) is 12.2 Å². The molecule has 1 aromatic rings. The third-order valence-corrected chi connectivity index (χ3v) is 6.27. The maximum absolute atomic E-state index is 12.1. The standard InChI is InChI=1S/C19H30O6Si/c1-13-16(20)15(12-24-18(22)14-8-6-5-7-9-14)25-19(17(13)21)23-10-11-26(2,3)4/h5-9,13,15-17,19-21H,10-12H2,1-4H3/t13-,15?,16+,17?,19+/m0/s1. The van der Waals surface area contributed by atoms with Gasteiger partial charge in [0.1, 0.15) is 18.8 Å². The summed E-state index contributed by atoms with van der Waals surface area (Å²) in [6, 6.07) is 9.59. The van der Waals surface area contributed by atoms with Gasteiger partial charge in [0.2, 0.25) is 0 Å². The first-order valence-corrected chi connectivity index (χ1v) is 12.7. The molecule has 5 atom stereocenters. The maximum atomic E-state index is 12.1. The van der Waals surface area contributed by atoms with E-state index in [1.165, 1.54) is 0 Å². The number of hydrogen-bond donors (Lipinski definition) is 2. The van der Waals surface area contributed by atoms with E-state index in [9.17, 15) is 15.0 Å². The average Bonchev–Trinajstić information content (AvgIpc) is 2.60. The number of rotatable bonds is 7. The average molecular weight is 383 g/mol. The molecule has 1 heterocycles. The van der Waals surface area contributed by atoms with Crippen LogP contribution in [0.5, 0.6) is 0 Å². The molecule has 2 rings (SSSR count). The zero-order valence-electron chi connectivity index (χ0n) is 15.9. The van der Waals surface area contributed by atoms with Crippen LogP contribution in [0.25, 0.3) is 0 Å². The Morgan fingerprint density at radius 1 is 1.15 bits per heavy atom. The molecule has 2 N–H and O–H groups in total. The van der Waals surface area contributed by atoms with Crippen LogP contribution in [0.2, 0.25) is 25.7 Å². The highest BCUT2D eigenvalue weighted by Crippen LogP contribution is 2.27. The van der Waals surface area contributed by atoms with Crippen molar-refractivity contribution in [2.45, 2.75) is 57.2 Å². The minimum Gasteiger partial charge on any atom is -0.459 e. The summed E-state index contributed by atoms with van der Waals surface area (Å²) in [4.78, 5) is 12.1. The van der Waals surface area contributed by atoms with E-state index in [-0.39, 0.29) is 6.61 Å². The second-order valence-corrected chi connectivity index (χ2v) is 13.7. The Morgan fingerprint density at radius 3 is 2.42 bits per heavy atom. The van der Waals surface area contributed by atoms with Gasteiger partial charge in [-0.2, -0.15) is 0 Å². The van der Waals surface area contributed by atoms with E-state index in [4.69, 9.17) is 14.2 Å². The van der Waals surface area contributed by atoms with Crippen molar-refractivity contribution in [2.24, 2.45) is 5.92 Å². The lowest BCUT2D eigenvalue weighted by Crippen LogP contribution is -2.55. The van der Waals surface area contributed by atoms with Crippen LogP contribution < -0.4 is 0 Å². The SMILES string of the molecule is C[C@@H]1C(O)[C@H](OCC[Si](C)(C)C)OC(COC(=O)c2ccccc2)[C@@H]1O. The van der Waals surface area contributed by atoms with E-state index in [1.807, 2.05) is 6.07 Å². The molecule has 0 spiro atoms. The van der Waals surface area contributed by atoms with Crippen molar-refractivity contribution >= 4 is 14.0 Å². The van der Waals surface area contributed by atoms with Crippen molar-refractivity contribution in [3.8, 4) is 0 Å². The first-order chi connectivity index (χ1) is 12.2. The molecule has 1 aromatic carbocycles. The molecule has 1 aliphatic heterocycles. The second-order valence-electron chi connectivity index (χ2n) is 8.03. The van der Waals surface area contributed by atoms with Gasteiger partial charge >= 0.3 is 5.97 Å². The van der Waals surface area contributed by atoms with Gasteiger partial charge < -0.3 is 24.4 Å². The fourth-order valence-corrected chi connectivity index (χ4v) is 3.42. The summed E-state index contributed by atoms with van der Waals surface area (Å²) >= 11 is 0. The highest BCUT2D eigenvalue weighted by Gasteiger charge is 2.43. The fourth-order valence-electron chi connectivity index (χ4n) is 2.69. The summed E-state index contributed by atoms with van der Waals surface area (Å²) in [7, 11) is -1.26. The number of aliphatic hydroxyl groups excluding tert-OH is 2. The minimum absolute atomic E-state index is 0.0974. The van der Waals surface area contributed by atoms with Crippen molar-refractivity contribution in [2.75, 3.05) is 13.2 Å². The number of benzene rings is 1. The van der Waals surface area contributed by atoms with E-state index < -0.39 is 44.6 Å². The van der Waals surface area contributed by atoms with Gasteiger partial charge in [-0.05, 0) is 18.2 Å². The summed E-state index contributed by atoms with van der Waals surface area (Å²) in [5.74, 6) is -0.919. The summed E-state index contributed by atoms with van der Waals surface area (Å²) in [5.41, 5.74) is 0.439. The molecule has 2 unspecified atom stereocenters. The van der Waals surface area contributed by atoms with Crippen LogP contribution in [-0.2, 0) is 14.2 Å². The summed E-state index contributed by atoms with van der Waals surface area (Å²) < 4.78 is 16.7. The van der Waals surface area contributed by atoms with E-state index in [2.05, 4.69) is 19.6 Å². The fraction of sp³-hybridized carbons (Fsp3) is 0.632. The molecule has 6 nitrogen and oxygen atoms in total. The smallest absolute Gasteiger partial charge is 0.338 e. The summed E-state index contributed by atoms with van der Waals surface area (Å²) in [6.45, 7) is 8.86. The van der Waals surface area contributed by atoms with Crippen molar-refractivity contribution in [1.29, 1.82) is 0 Å². The lowest BCUT2D eigenvalue weighted by Gasteiger charge is -2.41. The van der Waals surface area contributed by atoms with Crippen molar-refractivity contribution in [3.63, 3.8) is 0 Å². The van der Waals surface area contributed by atoms with E-state index in [1.54, 1.807) is 31.2 Å². The number of carbonyl (C=O) groups is 1. The Labute approximate surface area is 156 Å². The van der Waals surface area contributed by atoms with Crippen LogP contribution >= 0.6 is 0 Å². The molecule has 0 bridgehead atoms. The van der Waals surface area contributed by atoms with Gasteiger partial charge in [0, 0.05) is 20.6 Å². The zero-order valence-corrected chi connectivity index (χ0v) is 16.9. The Hall–Kier alpha value is -1.25. The van der Waals surface area contributed by atoms with Gasteiger partial charge in [0.05, 0.1) is 11.7 Å². The molecule has 0 amide bonds. The molecule has 1 saturated heterocycles. The molecule has 146 valence electrons. The summed E-state index contributed by atoms with van der Waals surface area (Å²) in [5, 5.41) is 20.6. The van der Waals surface area contributed by atoms with Gasteiger partial charge in [-0.25, -0.2) is 4.79 Å². The van der Waals surface area contributed by atoms with Gasteiger partial charge in [-0.3, -0.25) is 0 Å². The monoisotopic (exact) mass is 382 g/mol. The predicted molar refractivity (Wildman–Crippen MR) is 101 cm³/mol. The van der Waals surface area contributed by atoms with Crippen LogP contribution in [0.1, 0.15) is 17.3 Å². The quantitative estimate of drug-likeness (QED) is 0.556. The van der Waals surface area contributed by atoms with Gasteiger partial charge in [-0.1, -0.05) is 44.8 Å². The highest BCUT2D eigenvalue weighted by atomic mass is 28.3. The third kappa shape index (κ3) is 5.89. The molecule has 0 aliphatic carbocycles. The topological polar surface area (TPSA) is 85.2 Å². The van der Waals surface area contributed by atoms with Crippen molar-refractivity contribution < 1.29 is 29.2 Å². The Kier molecular flexibility index (Phi) is 7.37. The predicted octanol–water partition coefficient (Wildman–Crippen LogP) is 2.28. The maximum Gasteiger partial charge on any atom is 0.338 e. The molecule has 0 aromatic heterocycles. The Morgan fingerprint density at radius 2 is 1.81 bits per heavy atom. The van der Waals surface area contributed by atoms with Crippen molar-refractivity contribution in [1.82, 2.24) is 0 Å². The summed E-state index contributed by atoms with van der Waals surface area (Å²) in [6.07, 6.45) is -3.43. The van der Waals surface area contributed by atoms with Crippen LogP contribution in [0.15, 0.2) is 30.3 Å². The van der Waals surface area contributed by atoms with Crippen molar-refractivity contribution in [3.05, 3.63) is 35.9 Å². The number of esters is 1. The van der Waals surface area contributed by atoms with E-state index in [0.717, 1.165) is 6.04 Å². The Balaban J connectivity index is 1.91. The molecular weight excluding hydrogens is 352 g/mol. The van der Waals surface area contributed by atoms with Crippen LogP contribution in [-0.4, -0.2) is 62.1 Å². The number of hydrogen-bond acceptors (Lipinski definition) is 6. The lowest BCUT2D eigenvalue weighted by molar-refractivity contribution is -0.286. The molecular formula is C19H30O6Si.